The summed E-state index contributed by atoms with van der Waals surface area (Å²) in [6.07, 6.45) is 68.1. The van der Waals surface area contributed by atoms with Crippen LogP contribution in [0.1, 0.15) is 342 Å². The monoisotopic (exact) mass is 1150 g/mol. The Kier molecular flexibility index (Phi) is 60.9. The summed E-state index contributed by atoms with van der Waals surface area (Å²) in [5, 5.41) is 9.86. The number of aliphatic hydroxyl groups excluding tert-OH is 1. The number of phosphoric ester groups is 1. The number of hydrogen-bond acceptors (Lipinski definition) is 10. The molecule has 0 aliphatic heterocycles. The van der Waals surface area contributed by atoms with E-state index in [1.807, 2.05) is 0 Å². The lowest BCUT2D eigenvalue weighted by atomic mass is 10.1. The maximum absolute atomic E-state index is 13.0. The molecule has 0 aliphatic rings. The molecule has 0 rings (SSSR count). The lowest BCUT2D eigenvalue weighted by Gasteiger charge is -2.21. The molecule has 0 heterocycles. The van der Waals surface area contributed by atoms with Gasteiger partial charge in [0.05, 0.1) is 19.8 Å². The van der Waals surface area contributed by atoms with Gasteiger partial charge in [-0.25, -0.2) is 4.57 Å². The Morgan fingerprint density at radius 1 is 0.338 bits per heavy atom. The first-order valence-electron chi connectivity index (χ1n) is 33.9. The number of ether oxygens (including phenoxy) is 3. The molecule has 0 aliphatic carbocycles. The van der Waals surface area contributed by atoms with Gasteiger partial charge in [0.2, 0.25) is 0 Å². The summed E-state index contributed by atoms with van der Waals surface area (Å²) >= 11 is 0. The van der Waals surface area contributed by atoms with E-state index >= 15 is 0 Å². The first-order valence-corrected chi connectivity index (χ1v) is 35.4. The van der Waals surface area contributed by atoms with Gasteiger partial charge in [-0.15, -0.1) is 0 Å². The Labute approximate surface area is 492 Å². The average Bonchev–Trinajstić information content (AvgIpc) is 3.45. The van der Waals surface area contributed by atoms with Crippen LogP contribution in [0.2, 0.25) is 0 Å². The van der Waals surface area contributed by atoms with Crippen LogP contribution in [0.25, 0.3) is 0 Å². The second-order valence-corrected chi connectivity index (χ2v) is 24.4. The summed E-state index contributed by atoms with van der Waals surface area (Å²) < 4.78 is 39.8. The SMILES string of the molecule is CCCCCCCC/C=C\CCCCCCCCCCCC(=O)OCC(COP(=O)(O)OCC(CO)OC(=O)CCCCCCC/C=C\CCCCCCCC)OC(=O)CCCCCCCCCCC/C=C\CCCCCCCC. The van der Waals surface area contributed by atoms with E-state index < -0.39 is 57.8 Å². The van der Waals surface area contributed by atoms with Crippen LogP contribution in [0.15, 0.2) is 36.5 Å². The van der Waals surface area contributed by atoms with Crippen LogP contribution < -0.4 is 0 Å². The van der Waals surface area contributed by atoms with Crippen molar-refractivity contribution in [2.45, 2.75) is 354 Å². The van der Waals surface area contributed by atoms with Crippen molar-refractivity contribution in [2.75, 3.05) is 26.4 Å². The Hall–Kier alpha value is -2.30. The number of phosphoric acid groups is 1. The number of allylic oxidation sites excluding steroid dienone is 6. The lowest BCUT2D eigenvalue weighted by Crippen LogP contribution is -2.30. The molecule has 0 aromatic carbocycles. The van der Waals surface area contributed by atoms with E-state index in [9.17, 15) is 28.9 Å². The number of hydrogen-bond donors (Lipinski definition) is 2. The molecule has 0 aromatic rings. The molecular weight excluding hydrogens is 1020 g/mol. The Morgan fingerprint density at radius 3 is 0.863 bits per heavy atom. The molecule has 0 fully saturated rings. The lowest BCUT2D eigenvalue weighted by molar-refractivity contribution is -0.161. The third kappa shape index (κ3) is 60.3. The summed E-state index contributed by atoms with van der Waals surface area (Å²) in [7, 11) is -4.75. The molecule has 11 nitrogen and oxygen atoms in total. The fourth-order valence-electron chi connectivity index (χ4n) is 9.81. The maximum Gasteiger partial charge on any atom is 0.472 e. The van der Waals surface area contributed by atoms with E-state index in [0.29, 0.717) is 19.3 Å². The Balaban J connectivity index is 4.67. The van der Waals surface area contributed by atoms with Crippen LogP contribution in [0.3, 0.4) is 0 Å². The quantitative estimate of drug-likeness (QED) is 0.0197. The van der Waals surface area contributed by atoms with Gasteiger partial charge in [0.1, 0.15) is 12.7 Å². The number of esters is 3. The van der Waals surface area contributed by atoms with Crippen molar-refractivity contribution in [1.29, 1.82) is 0 Å². The molecule has 0 aromatic heterocycles. The van der Waals surface area contributed by atoms with Crippen molar-refractivity contribution in [2.24, 2.45) is 0 Å². The summed E-state index contributed by atoms with van der Waals surface area (Å²) in [5.41, 5.74) is 0. The number of aliphatic hydroxyl groups is 1. The van der Waals surface area contributed by atoms with E-state index in [1.54, 1.807) is 0 Å². The van der Waals surface area contributed by atoms with Crippen molar-refractivity contribution in [1.82, 2.24) is 0 Å². The molecule has 0 saturated carbocycles. The second-order valence-electron chi connectivity index (χ2n) is 23.0. The molecule has 12 heteroatoms. The minimum absolute atomic E-state index is 0.168. The maximum atomic E-state index is 13.0. The minimum atomic E-state index is -4.75. The molecule has 0 saturated heterocycles. The summed E-state index contributed by atoms with van der Waals surface area (Å²) in [5.74, 6) is -1.45. The molecule has 3 unspecified atom stereocenters. The number of carbonyl (C=O) groups excluding carboxylic acids is 3. The summed E-state index contributed by atoms with van der Waals surface area (Å²) in [6.45, 7) is 4.70. The zero-order valence-corrected chi connectivity index (χ0v) is 53.2. The molecule has 0 spiro atoms. The van der Waals surface area contributed by atoms with Crippen LogP contribution in [-0.2, 0) is 42.2 Å². The molecule has 0 bridgehead atoms. The molecule has 0 radical (unpaired) electrons. The highest BCUT2D eigenvalue weighted by atomic mass is 31.2. The average molecular weight is 1150 g/mol. The largest absolute Gasteiger partial charge is 0.472 e. The van der Waals surface area contributed by atoms with Gasteiger partial charge in [-0.1, -0.05) is 263 Å². The van der Waals surface area contributed by atoms with E-state index in [1.165, 1.54) is 205 Å². The van der Waals surface area contributed by atoms with Gasteiger partial charge in [-0.3, -0.25) is 23.4 Å². The standard InChI is InChI=1S/C68H127O11P/c1-4-7-10-13-16-19-22-25-28-30-32-34-37-39-42-45-48-51-54-57-66(70)75-61-65(79-68(72)59-56-53-50-47-44-41-38-35-33-31-29-26-23-20-17-14-11-8-5-2)63-77-80(73,74)76-62-64(60-69)78-67(71)58-55-52-49-46-43-40-36-27-24-21-18-15-12-9-6-3/h25-29,36,64-65,69H,4-24,30-35,37-63H2,1-3H3,(H,73,74)/b28-25-,29-26-,36-27-. The van der Waals surface area contributed by atoms with Crippen LogP contribution in [0.4, 0.5) is 0 Å². The number of unbranched alkanes of at least 4 members (excludes halogenated alkanes) is 41. The topological polar surface area (TPSA) is 155 Å². The molecule has 470 valence electrons. The third-order valence-electron chi connectivity index (χ3n) is 15.0. The van der Waals surface area contributed by atoms with Crippen LogP contribution in [-0.4, -0.2) is 66.5 Å². The first-order chi connectivity index (χ1) is 39.2. The highest BCUT2D eigenvalue weighted by Gasteiger charge is 2.28. The van der Waals surface area contributed by atoms with E-state index in [2.05, 4.69) is 57.2 Å². The highest BCUT2D eigenvalue weighted by Crippen LogP contribution is 2.43. The zero-order chi connectivity index (χ0) is 58.3. The summed E-state index contributed by atoms with van der Waals surface area (Å²) in [6, 6.07) is 0. The van der Waals surface area contributed by atoms with Gasteiger partial charge >= 0.3 is 25.7 Å². The predicted octanol–water partition coefficient (Wildman–Crippen LogP) is 20.7. The van der Waals surface area contributed by atoms with Crippen molar-refractivity contribution in [3.8, 4) is 0 Å². The fraction of sp³-hybridized carbons (Fsp3) is 0.868. The zero-order valence-electron chi connectivity index (χ0n) is 52.3. The van der Waals surface area contributed by atoms with Gasteiger partial charge in [-0.05, 0) is 96.3 Å². The molecule has 0 amide bonds. The predicted molar refractivity (Wildman–Crippen MR) is 335 cm³/mol. The summed E-state index contributed by atoms with van der Waals surface area (Å²) in [4.78, 5) is 48.8. The molecular formula is C68H127O11P. The fourth-order valence-corrected chi connectivity index (χ4v) is 10.6. The van der Waals surface area contributed by atoms with Crippen molar-refractivity contribution in [3.05, 3.63) is 36.5 Å². The minimum Gasteiger partial charge on any atom is -0.462 e. The number of carbonyl (C=O) groups is 3. The highest BCUT2D eigenvalue weighted by molar-refractivity contribution is 7.47. The van der Waals surface area contributed by atoms with Gasteiger partial charge in [-0.2, -0.15) is 0 Å². The van der Waals surface area contributed by atoms with Crippen LogP contribution >= 0.6 is 7.82 Å². The molecule has 80 heavy (non-hydrogen) atoms. The molecule has 3 atom stereocenters. The van der Waals surface area contributed by atoms with Crippen LogP contribution in [0.5, 0.6) is 0 Å². The van der Waals surface area contributed by atoms with Crippen molar-refractivity contribution in [3.63, 3.8) is 0 Å². The van der Waals surface area contributed by atoms with E-state index in [0.717, 1.165) is 77.0 Å². The van der Waals surface area contributed by atoms with Gasteiger partial charge in [0, 0.05) is 19.3 Å². The van der Waals surface area contributed by atoms with Gasteiger partial charge in [0.15, 0.2) is 6.10 Å². The van der Waals surface area contributed by atoms with Crippen molar-refractivity contribution >= 4 is 25.7 Å². The number of rotatable bonds is 64. The normalized spacial score (nSPS) is 13.4. The first kappa shape index (κ1) is 77.7. The van der Waals surface area contributed by atoms with E-state index in [-0.39, 0.29) is 25.9 Å². The van der Waals surface area contributed by atoms with E-state index in [4.69, 9.17) is 23.3 Å². The van der Waals surface area contributed by atoms with Gasteiger partial charge in [0.25, 0.3) is 0 Å². The van der Waals surface area contributed by atoms with Crippen LogP contribution in [0, 0.1) is 0 Å². The smallest absolute Gasteiger partial charge is 0.462 e. The molecule has 2 N–H and O–H groups in total. The van der Waals surface area contributed by atoms with Gasteiger partial charge < -0.3 is 24.2 Å². The Bertz CT molecular complexity index is 1480. The van der Waals surface area contributed by atoms with Crippen molar-refractivity contribution < 1.29 is 52.2 Å². The second kappa shape index (κ2) is 62.7. The third-order valence-corrected chi connectivity index (χ3v) is 16.0. The Morgan fingerprint density at radius 2 is 0.575 bits per heavy atom.